The molecule has 3 aromatic rings. The monoisotopic (exact) mass is 486 g/mol. The zero-order valence-corrected chi connectivity index (χ0v) is 18.3. The standard InChI is InChI=1S/C22H12Cl2N2O5S/c23-16-6-2-5-14(18(16)24)17-8-7-13(31-17)10-15-19(27)25-22(32)26(20(15)28)12-4-1-3-11(9-12)21(29)30/h1-10H,(H,29,30)(H,25,27,32). The summed E-state index contributed by atoms with van der Waals surface area (Å²) in [5, 5.41) is 12.2. The van der Waals surface area contributed by atoms with Gasteiger partial charge in [-0.3, -0.25) is 19.8 Å². The van der Waals surface area contributed by atoms with Gasteiger partial charge in [0.15, 0.2) is 5.11 Å². The fourth-order valence-electron chi connectivity index (χ4n) is 3.08. The third kappa shape index (κ3) is 4.03. The molecule has 2 N–H and O–H groups in total. The average molecular weight is 487 g/mol. The zero-order chi connectivity index (χ0) is 23.0. The molecule has 32 heavy (non-hydrogen) atoms. The highest BCUT2D eigenvalue weighted by atomic mass is 35.5. The molecule has 0 spiro atoms. The molecule has 7 nitrogen and oxygen atoms in total. The highest BCUT2D eigenvalue weighted by Crippen LogP contribution is 2.35. The topological polar surface area (TPSA) is 99.9 Å². The second-order valence-electron chi connectivity index (χ2n) is 6.62. The normalized spacial score (nSPS) is 15.2. The van der Waals surface area contributed by atoms with Crippen molar-refractivity contribution in [2.75, 3.05) is 4.90 Å². The molecule has 0 unspecified atom stereocenters. The second-order valence-corrected chi connectivity index (χ2v) is 7.79. The Bertz CT molecular complexity index is 1330. The predicted molar refractivity (Wildman–Crippen MR) is 124 cm³/mol. The Labute approximate surface area is 196 Å². The van der Waals surface area contributed by atoms with Gasteiger partial charge in [-0.25, -0.2) is 4.79 Å². The number of amides is 2. The van der Waals surface area contributed by atoms with E-state index in [2.05, 4.69) is 5.32 Å². The van der Waals surface area contributed by atoms with Gasteiger partial charge >= 0.3 is 5.97 Å². The minimum absolute atomic E-state index is 0.0328. The molecule has 0 saturated carbocycles. The Morgan fingerprint density at radius 3 is 2.59 bits per heavy atom. The van der Waals surface area contributed by atoms with E-state index in [1.165, 1.54) is 30.3 Å². The van der Waals surface area contributed by atoms with E-state index in [1.807, 2.05) is 0 Å². The summed E-state index contributed by atoms with van der Waals surface area (Å²) in [6.45, 7) is 0. The van der Waals surface area contributed by atoms with Crippen LogP contribution in [-0.2, 0) is 9.59 Å². The summed E-state index contributed by atoms with van der Waals surface area (Å²) in [4.78, 5) is 37.9. The molecule has 0 radical (unpaired) electrons. The number of aromatic carboxylic acids is 1. The Morgan fingerprint density at radius 2 is 1.84 bits per heavy atom. The van der Waals surface area contributed by atoms with Gasteiger partial charge in [-0.2, -0.15) is 0 Å². The molecule has 2 amide bonds. The lowest BCUT2D eigenvalue weighted by Crippen LogP contribution is -2.54. The highest BCUT2D eigenvalue weighted by molar-refractivity contribution is 7.80. The summed E-state index contributed by atoms with van der Waals surface area (Å²) in [6.07, 6.45) is 1.27. The molecule has 0 atom stereocenters. The number of thiocarbonyl (C=S) groups is 1. The zero-order valence-electron chi connectivity index (χ0n) is 16.0. The Balaban J connectivity index is 1.70. The maximum Gasteiger partial charge on any atom is 0.335 e. The Kier molecular flexibility index (Phi) is 5.84. The number of furan rings is 1. The molecule has 2 aromatic carbocycles. The van der Waals surface area contributed by atoms with Crippen molar-refractivity contribution in [3.8, 4) is 11.3 Å². The van der Waals surface area contributed by atoms with E-state index in [4.69, 9.17) is 39.8 Å². The number of rotatable bonds is 4. The molecular formula is C22H12Cl2N2O5S. The van der Waals surface area contributed by atoms with Crippen molar-refractivity contribution in [2.45, 2.75) is 0 Å². The average Bonchev–Trinajstić information content (AvgIpc) is 3.21. The summed E-state index contributed by atoms with van der Waals surface area (Å²) in [7, 11) is 0. The number of carboxylic acid groups (broad SMARTS) is 1. The van der Waals surface area contributed by atoms with E-state index < -0.39 is 17.8 Å². The van der Waals surface area contributed by atoms with Crippen LogP contribution >= 0.6 is 35.4 Å². The van der Waals surface area contributed by atoms with Crippen LogP contribution in [0.1, 0.15) is 16.1 Å². The number of halogens is 2. The minimum Gasteiger partial charge on any atom is -0.478 e. The molecule has 0 bridgehead atoms. The number of nitrogens with zero attached hydrogens (tertiary/aromatic N) is 1. The number of anilines is 1. The number of nitrogens with one attached hydrogen (secondary N) is 1. The van der Waals surface area contributed by atoms with Gasteiger partial charge < -0.3 is 9.52 Å². The maximum atomic E-state index is 13.1. The van der Waals surface area contributed by atoms with Crippen molar-refractivity contribution >= 4 is 70.1 Å². The summed E-state index contributed by atoms with van der Waals surface area (Å²) in [5.74, 6) is -1.97. The molecule has 1 aliphatic heterocycles. The van der Waals surface area contributed by atoms with Crippen molar-refractivity contribution in [3.05, 3.63) is 81.5 Å². The summed E-state index contributed by atoms with van der Waals surface area (Å²) >= 11 is 17.4. The van der Waals surface area contributed by atoms with Crippen molar-refractivity contribution < 1.29 is 23.9 Å². The van der Waals surface area contributed by atoms with E-state index in [1.54, 1.807) is 30.3 Å². The van der Waals surface area contributed by atoms with E-state index in [0.717, 1.165) is 4.90 Å². The first-order valence-corrected chi connectivity index (χ1v) is 10.2. The quantitative estimate of drug-likeness (QED) is 0.312. The SMILES string of the molecule is O=C1NC(=S)N(c2cccc(C(=O)O)c2)C(=O)C1=Cc1ccc(-c2cccc(Cl)c2Cl)o1. The highest BCUT2D eigenvalue weighted by Gasteiger charge is 2.35. The van der Waals surface area contributed by atoms with Crippen LogP contribution in [0.25, 0.3) is 17.4 Å². The number of carboxylic acids is 1. The van der Waals surface area contributed by atoms with Crippen LogP contribution in [0.4, 0.5) is 5.69 Å². The van der Waals surface area contributed by atoms with Crippen LogP contribution < -0.4 is 10.2 Å². The molecule has 1 fully saturated rings. The van der Waals surface area contributed by atoms with Crippen LogP contribution in [-0.4, -0.2) is 28.0 Å². The molecular weight excluding hydrogens is 475 g/mol. The van der Waals surface area contributed by atoms with Crippen molar-refractivity contribution in [3.63, 3.8) is 0 Å². The van der Waals surface area contributed by atoms with Crippen LogP contribution in [0.2, 0.25) is 10.0 Å². The number of hydrogen-bond acceptors (Lipinski definition) is 5. The van der Waals surface area contributed by atoms with Crippen LogP contribution in [0.15, 0.2) is 64.6 Å². The van der Waals surface area contributed by atoms with Crippen LogP contribution in [0.3, 0.4) is 0 Å². The molecule has 2 heterocycles. The fourth-order valence-corrected chi connectivity index (χ4v) is 3.76. The first-order chi connectivity index (χ1) is 15.3. The van der Waals surface area contributed by atoms with Gasteiger partial charge in [0.25, 0.3) is 11.8 Å². The maximum absolute atomic E-state index is 13.1. The summed E-state index contributed by atoms with van der Waals surface area (Å²) < 4.78 is 5.74. The number of hydrogen-bond donors (Lipinski definition) is 2. The van der Waals surface area contributed by atoms with E-state index in [-0.39, 0.29) is 27.7 Å². The van der Waals surface area contributed by atoms with E-state index in [0.29, 0.717) is 21.4 Å². The molecule has 10 heteroatoms. The summed E-state index contributed by atoms with van der Waals surface area (Å²) in [6, 6.07) is 13.9. The number of carbonyl (C=O) groups is 3. The fraction of sp³-hybridized carbons (Fsp3) is 0. The first-order valence-electron chi connectivity index (χ1n) is 9.05. The van der Waals surface area contributed by atoms with E-state index >= 15 is 0 Å². The smallest absolute Gasteiger partial charge is 0.335 e. The number of carbonyl (C=O) groups excluding carboxylic acids is 2. The van der Waals surface area contributed by atoms with Crippen molar-refractivity contribution in [1.29, 1.82) is 0 Å². The van der Waals surface area contributed by atoms with Crippen molar-refractivity contribution in [2.24, 2.45) is 0 Å². The minimum atomic E-state index is -1.16. The van der Waals surface area contributed by atoms with Gasteiger partial charge in [-0.05, 0) is 60.8 Å². The predicted octanol–water partition coefficient (Wildman–Crippen LogP) is 4.78. The number of benzene rings is 2. The van der Waals surface area contributed by atoms with Gasteiger partial charge in [0.1, 0.15) is 17.1 Å². The lowest BCUT2D eigenvalue weighted by molar-refractivity contribution is -0.122. The second kappa shape index (κ2) is 8.58. The third-order valence-corrected chi connectivity index (χ3v) is 5.69. The third-order valence-electron chi connectivity index (χ3n) is 4.58. The summed E-state index contributed by atoms with van der Waals surface area (Å²) in [5.41, 5.74) is 0.486. The van der Waals surface area contributed by atoms with Crippen LogP contribution in [0, 0.1) is 0 Å². The Hall–Kier alpha value is -3.46. The van der Waals surface area contributed by atoms with E-state index in [9.17, 15) is 19.5 Å². The van der Waals surface area contributed by atoms with Gasteiger partial charge in [-0.15, -0.1) is 0 Å². The first kappa shape index (κ1) is 21.8. The Morgan fingerprint density at radius 1 is 1.09 bits per heavy atom. The molecule has 1 saturated heterocycles. The van der Waals surface area contributed by atoms with Gasteiger partial charge in [0.2, 0.25) is 0 Å². The molecule has 1 aliphatic rings. The van der Waals surface area contributed by atoms with Gasteiger partial charge in [0, 0.05) is 5.56 Å². The lowest BCUT2D eigenvalue weighted by Gasteiger charge is -2.28. The van der Waals surface area contributed by atoms with Gasteiger partial charge in [0.05, 0.1) is 21.3 Å². The molecule has 0 aliphatic carbocycles. The lowest BCUT2D eigenvalue weighted by atomic mass is 10.1. The van der Waals surface area contributed by atoms with Crippen LogP contribution in [0.5, 0.6) is 0 Å². The van der Waals surface area contributed by atoms with Gasteiger partial charge in [-0.1, -0.05) is 35.3 Å². The largest absolute Gasteiger partial charge is 0.478 e. The molecule has 1 aromatic heterocycles. The van der Waals surface area contributed by atoms with Crippen molar-refractivity contribution in [1.82, 2.24) is 5.32 Å². The molecule has 4 rings (SSSR count). The molecule has 160 valence electrons.